The third-order valence-electron chi connectivity index (χ3n) is 0.892. The van der Waals surface area contributed by atoms with Crippen molar-refractivity contribution in [2.75, 3.05) is 0 Å². The van der Waals surface area contributed by atoms with E-state index in [-0.39, 0.29) is 6.42 Å². The zero-order valence-corrected chi connectivity index (χ0v) is 5.56. The fourth-order valence-corrected chi connectivity index (χ4v) is 0.974. The average Bonchev–Trinajstić information content (AvgIpc) is 1.63. The zero-order chi connectivity index (χ0) is 5.71. The van der Waals surface area contributed by atoms with Gasteiger partial charge < -0.3 is 5.11 Å². The maximum atomic E-state index is 8.66. The quantitative estimate of drug-likeness (QED) is 0.534. The molecule has 1 N–H and O–H groups in total. The van der Waals surface area contributed by atoms with Crippen LogP contribution in [0.15, 0.2) is 0 Å². The Balaban J connectivity index is 2.59. The van der Waals surface area contributed by atoms with Crippen LogP contribution in [0.3, 0.4) is 0 Å². The molecule has 0 amide bonds. The molecule has 0 aromatic rings. The lowest BCUT2D eigenvalue weighted by Crippen LogP contribution is -2.05. The minimum atomic E-state index is -1.35. The van der Waals surface area contributed by atoms with Crippen molar-refractivity contribution >= 4 is 34.8 Å². The first-order chi connectivity index (χ1) is 2.96. The Bertz CT molecular complexity index is 86.4. The first-order valence-electron chi connectivity index (χ1n) is 1.75. The van der Waals surface area contributed by atoms with Gasteiger partial charge in [0.05, 0.1) is 0 Å². The number of aliphatic hydroxyl groups is 1. The first kappa shape index (κ1) is 5.96. The van der Waals surface area contributed by atoms with Crippen LogP contribution in [0.2, 0.25) is 0 Å². The summed E-state index contributed by atoms with van der Waals surface area (Å²) in [5.41, 5.74) is 0. The van der Waals surface area contributed by atoms with Gasteiger partial charge in [-0.05, 0) is 0 Å². The molecule has 0 spiro atoms. The van der Waals surface area contributed by atoms with Crippen LogP contribution in [-0.2, 0) is 0 Å². The van der Waals surface area contributed by atoms with Crippen LogP contribution >= 0.6 is 34.8 Å². The van der Waals surface area contributed by atoms with Gasteiger partial charge in [0.2, 0.25) is 0 Å². The molecule has 1 saturated carbocycles. The Morgan fingerprint density at radius 3 is 1.43 bits per heavy atom. The summed E-state index contributed by atoms with van der Waals surface area (Å²) in [5.74, 6) is 0. The van der Waals surface area contributed by atoms with Crippen molar-refractivity contribution in [2.45, 2.75) is 15.8 Å². The summed E-state index contributed by atoms with van der Waals surface area (Å²) in [6.45, 7) is 0. The number of hydrogen-bond acceptors (Lipinski definition) is 1. The van der Waals surface area contributed by atoms with Gasteiger partial charge in [-0.1, -0.05) is 34.8 Å². The third-order valence-corrected chi connectivity index (χ3v) is 2.43. The minimum absolute atomic E-state index is 0.255. The number of alkyl halides is 3. The molecular formula is C3H3Cl3O. The molecule has 0 aromatic heterocycles. The van der Waals surface area contributed by atoms with E-state index in [1.807, 2.05) is 0 Å². The van der Waals surface area contributed by atoms with Crippen molar-refractivity contribution in [3.63, 3.8) is 0 Å². The standard InChI is InChI=1S/C3H3Cl3O/c4-2(5)1-3(2,6)7/h7H,1H2. The summed E-state index contributed by atoms with van der Waals surface area (Å²) in [7, 11) is 0. The highest BCUT2D eigenvalue weighted by molar-refractivity contribution is 6.57. The maximum absolute atomic E-state index is 8.66. The van der Waals surface area contributed by atoms with Crippen LogP contribution in [0.1, 0.15) is 6.42 Å². The van der Waals surface area contributed by atoms with Crippen LogP contribution in [0.4, 0.5) is 0 Å². The van der Waals surface area contributed by atoms with Crippen LogP contribution in [0, 0.1) is 0 Å². The molecule has 0 bridgehead atoms. The van der Waals surface area contributed by atoms with E-state index in [0.717, 1.165) is 0 Å². The number of hydrogen-bond donors (Lipinski definition) is 1. The highest BCUT2D eigenvalue weighted by Gasteiger charge is 2.65. The van der Waals surface area contributed by atoms with Gasteiger partial charge >= 0.3 is 0 Å². The van der Waals surface area contributed by atoms with E-state index in [1.54, 1.807) is 0 Å². The Hall–Kier alpha value is 0.830. The smallest absolute Gasteiger partial charge is 0.174 e. The van der Waals surface area contributed by atoms with Gasteiger partial charge in [-0.25, -0.2) is 0 Å². The second kappa shape index (κ2) is 1.21. The van der Waals surface area contributed by atoms with Crippen molar-refractivity contribution < 1.29 is 5.11 Å². The summed E-state index contributed by atoms with van der Waals surface area (Å²) in [4.78, 5) is 0. The van der Waals surface area contributed by atoms with Gasteiger partial charge in [0.25, 0.3) is 0 Å². The van der Waals surface area contributed by atoms with Gasteiger partial charge in [0, 0.05) is 6.42 Å². The third kappa shape index (κ3) is 0.833. The fraction of sp³-hybridized carbons (Fsp3) is 1.00. The van der Waals surface area contributed by atoms with Gasteiger partial charge in [-0.3, -0.25) is 0 Å². The molecule has 0 aliphatic heterocycles. The lowest BCUT2D eigenvalue weighted by atomic mass is 10.8. The van der Waals surface area contributed by atoms with E-state index in [0.29, 0.717) is 0 Å². The van der Waals surface area contributed by atoms with E-state index in [2.05, 4.69) is 0 Å². The molecule has 0 aromatic carbocycles. The van der Waals surface area contributed by atoms with E-state index in [9.17, 15) is 0 Å². The predicted molar refractivity (Wildman–Crippen MR) is 29.9 cm³/mol. The highest BCUT2D eigenvalue weighted by Crippen LogP contribution is 2.59. The van der Waals surface area contributed by atoms with Crippen molar-refractivity contribution in [2.24, 2.45) is 0 Å². The van der Waals surface area contributed by atoms with Crippen molar-refractivity contribution in [1.29, 1.82) is 0 Å². The molecule has 1 fully saturated rings. The molecule has 1 aliphatic carbocycles. The van der Waals surface area contributed by atoms with E-state index in [1.165, 1.54) is 0 Å². The van der Waals surface area contributed by atoms with E-state index in [4.69, 9.17) is 39.9 Å². The number of halogens is 3. The second-order valence-corrected chi connectivity index (χ2v) is 3.75. The summed E-state index contributed by atoms with van der Waals surface area (Å²) in [6.07, 6.45) is 0.255. The van der Waals surface area contributed by atoms with Crippen LogP contribution in [0.25, 0.3) is 0 Å². The molecular weight excluding hydrogens is 158 g/mol. The molecule has 7 heavy (non-hydrogen) atoms. The molecule has 0 saturated heterocycles. The SMILES string of the molecule is OC1(Cl)CC1(Cl)Cl. The lowest BCUT2D eigenvalue weighted by molar-refractivity contribution is 0.234. The first-order valence-corrected chi connectivity index (χ1v) is 2.88. The normalized spacial score (nSPS) is 46.3. The highest BCUT2D eigenvalue weighted by atomic mass is 35.5. The zero-order valence-electron chi connectivity index (χ0n) is 3.29. The summed E-state index contributed by atoms with van der Waals surface area (Å²) in [6, 6.07) is 0. The van der Waals surface area contributed by atoms with E-state index >= 15 is 0 Å². The van der Waals surface area contributed by atoms with Crippen molar-refractivity contribution in [1.82, 2.24) is 0 Å². The monoisotopic (exact) mass is 160 g/mol. The second-order valence-electron chi connectivity index (χ2n) is 1.64. The largest absolute Gasteiger partial charge is 0.372 e. The molecule has 0 radical (unpaired) electrons. The fourth-order valence-electron chi connectivity index (χ4n) is 0.250. The Labute approximate surface area is 56.2 Å². The van der Waals surface area contributed by atoms with Crippen molar-refractivity contribution in [3.05, 3.63) is 0 Å². The molecule has 42 valence electrons. The summed E-state index contributed by atoms with van der Waals surface area (Å²) < 4.78 is -1.09. The molecule has 1 rings (SSSR count). The van der Waals surface area contributed by atoms with Gasteiger partial charge in [-0.2, -0.15) is 0 Å². The Kier molecular flexibility index (Phi) is 1.03. The lowest BCUT2D eigenvalue weighted by Gasteiger charge is -1.95. The number of rotatable bonds is 0. The molecule has 0 heterocycles. The van der Waals surface area contributed by atoms with Gasteiger partial charge in [-0.15, -0.1) is 0 Å². The topological polar surface area (TPSA) is 20.2 Å². The van der Waals surface area contributed by atoms with E-state index < -0.39 is 9.39 Å². The molecule has 1 atom stereocenters. The summed E-state index contributed by atoms with van der Waals surface area (Å²) in [5, 5.41) is 7.31. The molecule has 1 aliphatic rings. The van der Waals surface area contributed by atoms with Crippen LogP contribution in [0.5, 0.6) is 0 Å². The minimum Gasteiger partial charge on any atom is -0.372 e. The Morgan fingerprint density at radius 2 is 1.43 bits per heavy atom. The average molecular weight is 161 g/mol. The summed E-state index contributed by atoms with van der Waals surface area (Å²) >= 11 is 15.9. The molecule has 1 unspecified atom stereocenters. The van der Waals surface area contributed by atoms with Gasteiger partial charge in [0.1, 0.15) is 0 Å². The predicted octanol–water partition coefficient (Wildman–Crippen LogP) is 1.49. The molecule has 1 nitrogen and oxygen atoms in total. The van der Waals surface area contributed by atoms with Gasteiger partial charge in [0.15, 0.2) is 9.39 Å². The molecule has 4 heteroatoms. The maximum Gasteiger partial charge on any atom is 0.174 e. The van der Waals surface area contributed by atoms with Crippen molar-refractivity contribution in [3.8, 4) is 0 Å². The van der Waals surface area contributed by atoms with Crippen LogP contribution in [-0.4, -0.2) is 14.5 Å². The van der Waals surface area contributed by atoms with Crippen LogP contribution < -0.4 is 0 Å². The Morgan fingerprint density at radius 1 is 1.29 bits per heavy atom.